The topological polar surface area (TPSA) is 115 Å². The number of nitrogens with zero attached hydrogens (tertiary/aromatic N) is 3. The van der Waals surface area contributed by atoms with Gasteiger partial charge in [-0.1, -0.05) is 12.1 Å². The molecule has 8 rings (SSSR count). The normalized spacial score (nSPS) is 27.6. The number of nitro groups is 1. The molecule has 0 radical (unpaired) electrons. The third kappa shape index (κ3) is 4.18. The number of aryl methyl sites for hydroxylation is 1. The lowest BCUT2D eigenvalue weighted by molar-refractivity contribution is -0.384. The van der Waals surface area contributed by atoms with Gasteiger partial charge in [-0.25, -0.2) is 9.69 Å². The molecule has 0 atom stereocenters. The van der Waals surface area contributed by atoms with Gasteiger partial charge in [-0.2, -0.15) is 0 Å². The van der Waals surface area contributed by atoms with Gasteiger partial charge in [-0.05, 0) is 123 Å². The third-order valence-corrected chi connectivity index (χ3v) is 9.97. The van der Waals surface area contributed by atoms with Crippen LogP contribution in [0, 0.1) is 41.7 Å². The molecule has 1 N–H and O–H groups in total. The molecule has 5 aliphatic rings. The summed E-state index contributed by atoms with van der Waals surface area (Å²) in [7, 11) is 0. The standard InChI is InChI=1S/C33H32N4O5/c1-19-11-24(20(2)35(19)26-7-9-28(10-8-26)37(41)42)15-29-30(38)34-32(40)36(31(29)39)27-5-3-25(4-6-27)33-16-21-12-22(17-33)14-23(13-21)18-33/h3-11,15,21-23H,12-14,16-18H2,1-2H3,(H,34,38,40)/b29-15-. The summed E-state index contributed by atoms with van der Waals surface area (Å²) >= 11 is 0. The van der Waals surface area contributed by atoms with Crippen molar-refractivity contribution in [2.45, 2.75) is 57.8 Å². The first kappa shape index (κ1) is 26.4. The number of rotatable bonds is 5. The fourth-order valence-corrected chi connectivity index (χ4v) is 8.53. The van der Waals surface area contributed by atoms with Gasteiger partial charge in [0.15, 0.2) is 0 Å². The zero-order chi connectivity index (χ0) is 29.3. The summed E-state index contributed by atoms with van der Waals surface area (Å²) in [4.78, 5) is 51.0. The van der Waals surface area contributed by atoms with E-state index in [4.69, 9.17) is 0 Å². The first-order valence-electron chi connectivity index (χ1n) is 14.6. The Balaban J connectivity index is 1.17. The molecule has 9 nitrogen and oxygen atoms in total. The zero-order valence-electron chi connectivity index (χ0n) is 23.6. The molecule has 0 unspecified atom stereocenters. The van der Waals surface area contributed by atoms with Crippen LogP contribution in [0.5, 0.6) is 0 Å². The smallest absolute Gasteiger partial charge is 0.318 e. The molecule has 5 fully saturated rings. The van der Waals surface area contributed by atoms with Crippen LogP contribution in [0.15, 0.2) is 60.2 Å². The van der Waals surface area contributed by atoms with Gasteiger partial charge >= 0.3 is 6.03 Å². The van der Waals surface area contributed by atoms with Gasteiger partial charge in [0.05, 0.1) is 10.6 Å². The minimum absolute atomic E-state index is 0.0104. The summed E-state index contributed by atoms with van der Waals surface area (Å²) in [5.41, 5.74) is 4.71. The number of amides is 4. The van der Waals surface area contributed by atoms with Crippen molar-refractivity contribution in [3.8, 4) is 5.69 Å². The van der Waals surface area contributed by atoms with E-state index in [1.165, 1.54) is 62.3 Å². The fraction of sp³-hybridized carbons (Fsp3) is 0.364. The monoisotopic (exact) mass is 564 g/mol. The number of benzene rings is 2. The number of non-ortho nitro benzene ring substituents is 1. The molecular weight excluding hydrogens is 532 g/mol. The van der Waals surface area contributed by atoms with E-state index in [0.29, 0.717) is 11.3 Å². The second-order valence-electron chi connectivity index (χ2n) is 12.6. The van der Waals surface area contributed by atoms with E-state index in [9.17, 15) is 24.5 Å². The summed E-state index contributed by atoms with van der Waals surface area (Å²) in [5, 5.41) is 13.4. The number of urea groups is 1. The summed E-state index contributed by atoms with van der Waals surface area (Å²) in [5.74, 6) is 1.02. The highest BCUT2D eigenvalue weighted by Gasteiger charge is 2.51. The second kappa shape index (κ2) is 9.51. The van der Waals surface area contributed by atoms with Crippen LogP contribution in [0.2, 0.25) is 0 Å². The van der Waals surface area contributed by atoms with Crippen molar-refractivity contribution in [1.29, 1.82) is 0 Å². The van der Waals surface area contributed by atoms with Gasteiger partial charge < -0.3 is 4.57 Å². The number of nitro benzene ring substituents is 1. The molecule has 0 spiro atoms. The van der Waals surface area contributed by atoms with Gasteiger partial charge in [-0.15, -0.1) is 0 Å². The van der Waals surface area contributed by atoms with E-state index in [-0.39, 0.29) is 16.7 Å². The lowest BCUT2D eigenvalue weighted by Gasteiger charge is -2.57. The molecule has 1 aromatic heterocycles. The number of carbonyl (C=O) groups is 3. The molecule has 1 saturated heterocycles. The highest BCUT2D eigenvalue weighted by Crippen LogP contribution is 2.60. The number of nitrogens with one attached hydrogen (secondary N) is 1. The van der Waals surface area contributed by atoms with Crippen LogP contribution in [0.25, 0.3) is 11.8 Å². The number of barbiturate groups is 1. The minimum atomic E-state index is -0.763. The second-order valence-corrected chi connectivity index (χ2v) is 12.6. The molecule has 4 saturated carbocycles. The van der Waals surface area contributed by atoms with E-state index in [2.05, 4.69) is 17.4 Å². The Morgan fingerprint density at radius 3 is 2.02 bits per heavy atom. The Morgan fingerprint density at radius 2 is 1.45 bits per heavy atom. The number of aromatic nitrogens is 1. The van der Waals surface area contributed by atoms with Crippen molar-refractivity contribution >= 4 is 35.3 Å². The van der Waals surface area contributed by atoms with Gasteiger partial charge in [0.25, 0.3) is 17.5 Å². The minimum Gasteiger partial charge on any atom is -0.318 e. The summed E-state index contributed by atoms with van der Waals surface area (Å²) < 4.78 is 1.90. The lowest BCUT2D eigenvalue weighted by atomic mass is 9.48. The van der Waals surface area contributed by atoms with Gasteiger partial charge in [0.2, 0.25) is 0 Å². The molecule has 2 heterocycles. The van der Waals surface area contributed by atoms with Crippen molar-refractivity contribution < 1.29 is 19.3 Å². The largest absolute Gasteiger partial charge is 0.335 e. The fourth-order valence-electron chi connectivity index (χ4n) is 8.53. The average Bonchev–Trinajstić information content (AvgIpc) is 3.22. The maximum absolute atomic E-state index is 13.6. The first-order chi connectivity index (χ1) is 20.1. The predicted molar refractivity (Wildman–Crippen MR) is 157 cm³/mol. The van der Waals surface area contributed by atoms with Crippen LogP contribution in [0.4, 0.5) is 16.2 Å². The maximum atomic E-state index is 13.6. The summed E-state index contributed by atoms with van der Waals surface area (Å²) in [6.45, 7) is 3.72. The van der Waals surface area contributed by atoms with Gasteiger partial charge in [0, 0.05) is 29.2 Å². The van der Waals surface area contributed by atoms with Crippen LogP contribution in [-0.2, 0) is 15.0 Å². The first-order valence-corrected chi connectivity index (χ1v) is 14.6. The van der Waals surface area contributed by atoms with Crippen LogP contribution in [0.3, 0.4) is 0 Å². The highest BCUT2D eigenvalue weighted by molar-refractivity contribution is 6.39. The quantitative estimate of drug-likeness (QED) is 0.173. The van der Waals surface area contributed by atoms with Gasteiger partial charge in [-0.3, -0.25) is 25.0 Å². The van der Waals surface area contributed by atoms with Gasteiger partial charge in [0.1, 0.15) is 5.57 Å². The Bertz CT molecular complexity index is 1650. The van der Waals surface area contributed by atoms with E-state index in [0.717, 1.165) is 39.7 Å². The molecule has 2 aromatic carbocycles. The zero-order valence-corrected chi connectivity index (χ0v) is 23.6. The number of carbonyl (C=O) groups excluding carboxylic acids is 3. The molecule has 1 aliphatic heterocycles. The van der Waals surface area contributed by atoms with Crippen molar-refractivity contribution in [3.63, 3.8) is 0 Å². The lowest BCUT2D eigenvalue weighted by Crippen LogP contribution is -2.54. The van der Waals surface area contributed by atoms with Crippen LogP contribution < -0.4 is 10.2 Å². The molecule has 9 heteroatoms. The van der Waals surface area contributed by atoms with Crippen molar-refractivity contribution in [2.75, 3.05) is 4.90 Å². The highest BCUT2D eigenvalue weighted by atomic mass is 16.6. The van der Waals surface area contributed by atoms with E-state index >= 15 is 0 Å². The van der Waals surface area contributed by atoms with Crippen LogP contribution in [-0.4, -0.2) is 27.3 Å². The molecule has 4 aliphatic carbocycles. The number of hydrogen-bond donors (Lipinski definition) is 1. The van der Waals surface area contributed by atoms with E-state index in [1.807, 2.05) is 36.6 Å². The SMILES string of the molecule is Cc1cc(/C=C2/C(=O)NC(=O)N(c3ccc(C45CC6CC(CC(C6)C4)C5)cc3)C2=O)c(C)n1-c1ccc([N+](=O)[O-])cc1. The molecular formula is C33H32N4O5. The molecule has 3 aromatic rings. The van der Waals surface area contributed by atoms with Crippen molar-refractivity contribution in [1.82, 2.24) is 9.88 Å². The predicted octanol–water partition coefficient (Wildman–Crippen LogP) is 6.14. The van der Waals surface area contributed by atoms with Crippen molar-refractivity contribution in [3.05, 3.63) is 92.8 Å². The number of anilines is 1. The third-order valence-electron chi connectivity index (χ3n) is 9.97. The molecule has 214 valence electrons. The molecule has 4 amide bonds. The van der Waals surface area contributed by atoms with Crippen molar-refractivity contribution in [2.24, 2.45) is 17.8 Å². The average molecular weight is 565 g/mol. The number of imide groups is 2. The maximum Gasteiger partial charge on any atom is 0.335 e. The summed E-state index contributed by atoms with van der Waals surface area (Å²) in [6, 6.07) is 15.1. The summed E-state index contributed by atoms with van der Waals surface area (Å²) in [6.07, 6.45) is 9.26. The molecule has 4 bridgehead atoms. The Hall–Kier alpha value is -4.53. The van der Waals surface area contributed by atoms with Crippen LogP contribution >= 0.6 is 0 Å². The van der Waals surface area contributed by atoms with E-state index in [1.54, 1.807) is 12.1 Å². The number of hydrogen-bond acceptors (Lipinski definition) is 5. The Kier molecular flexibility index (Phi) is 5.97. The Morgan fingerprint density at radius 1 is 0.881 bits per heavy atom. The van der Waals surface area contributed by atoms with Crippen LogP contribution in [0.1, 0.15) is 61.0 Å². The Labute approximate surface area is 243 Å². The molecule has 42 heavy (non-hydrogen) atoms. The van der Waals surface area contributed by atoms with E-state index < -0.39 is 22.8 Å².